The van der Waals surface area contributed by atoms with E-state index in [9.17, 15) is 4.79 Å². The van der Waals surface area contributed by atoms with E-state index in [1.807, 2.05) is 24.3 Å². The third-order valence-electron chi connectivity index (χ3n) is 3.31. The lowest BCUT2D eigenvalue weighted by Crippen LogP contribution is -2.17. The monoisotopic (exact) mass is 319 g/mol. The molecule has 0 bridgehead atoms. The van der Waals surface area contributed by atoms with Crippen molar-refractivity contribution < 1.29 is 0 Å². The molecular weight excluding hydrogens is 306 g/mol. The molecule has 0 radical (unpaired) electrons. The van der Waals surface area contributed by atoms with Gasteiger partial charge >= 0.3 is 5.69 Å². The van der Waals surface area contributed by atoms with Crippen LogP contribution in [0.15, 0.2) is 33.5 Å². The van der Waals surface area contributed by atoms with Gasteiger partial charge in [0.05, 0.1) is 5.69 Å². The second-order valence-corrected chi connectivity index (χ2v) is 5.55. The van der Waals surface area contributed by atoms with Crippen molar-refractivity contribution >= 4 is 21.7 Å². The molecule has 19 heavy (non-hydrogen) atoms. The quantitative estimate of drug-likeness (QED) is 0.849. The number of H-pyrrole nitrogens is 1. The molecule has 98 valence electrons. The molecule has 2 heterocycles. The third-order valence-corrected chi connectivity index (χ3v) is 3.84. The number of benzene rings is 1. The van der Waals surface area contributed by atoms with E-state index in [1.165, 1.54) is 0 Å². The summed E-state index contributed by atoms with van der Waals surface area (Å²) < 4.78 is 1.02. The first-order valence-corrected chi connectivity index (χ1v) is 7.16. The Kier molecular flexibility index (Phi) is 3.38. The topological polar surface area (TPSA) is 57.8 Å². The Morgan fingerprint density at radius 2 is 1.95 bits per heavy atom. The van der Waals surface area contributed by atoms with Crippen LogP contribution in [0.2, 0.25) is 0 Å². The molecular formula is C14H14BrN3O. The van der Waals surface area contributed by atoms with Crippen LogP contribution in [0.4, 0.5) is 5.82 Å². The highest BCUT2D eigenvalue weighted by Gasteiger charge is 2.15. The number of hydrogen-bond donors (Lipinski definition) is 2. The lowest BCUT2D eigenvalue weighted by molar-refractivity contribution is 0.785. The minimum atomic E-state index is -0.300. The molecule has 0 saturated heterocycles. The molecule has 4 nitrogen and oxygen atoms in total. The molecule has 0 aliphatic carbocycles. The van der Waals surface area contributed by atoms with Crippen molar-refractivity contribution in [1.29, 1.82) is 0 Å². The summed E-state index contributed by atoms with van der Waals surface area (Å²) in [7, 11) is 0. The lowest BCUT2D eigenvalue weighted by atomic mass is 10.0. The maximum absolute atomic E-state index is 11.7. The van der Waals surface area contributed by atoms with Gasteiger partial charge in [-0.05, 0) is 37.0 Å². The van der Waals surface area contributed by atoms with Gasteiger partial charge in [0, 0.05) is 16.6 Å². The second kappa shape index (κ2) is 5.17. The SMILES string of the molecule is O=c1nc2c(c(-c3ccc(Br)cc3)[nH]1)CCCCN2. The lowest BCUT2D eigenvalue weighted by Gasteiger charge is -2.11. The molecule has 0 atom stereocenters. The van der Waals surface area contributed by atoms with Crippen molar-refractivity contribution in [2.24, 2.45) is 0 Å². The Hall–Kier alpha value is -1.62. The molecule has 2 aromatic rings. The van der Waals surface area contributed by atoms with Gasteiger partial charge in [0.15, 0.2) is 0 Å². The molecule has 0 saturated carbocycles. The van der Waals surface area contributed by atoms with Crippen molar-refractivity contribution in [1.82, 2.24) is 9.97 Å². The van der Waals surface area contributed by atoms with Gasteiger partial charge in [-0.2, -0.15) is 4.98 Å². The van der Waals surface area contributed by atoms with Crippen LogP contribution in [-0.4, -0.2) is 16.5 Å². The number of aromatic nitrogens is 2. The predicted octanol–water partition coefficient (Wildman–Crippen LogP) is 2.95. The Labute approximate surface area is 119 Å². The van der Waals surface area contributed by atoms with E-state index in [2.05, 4.69) is 31.2 Å². The van der Waals surface area contributed by atoms with E-state index < -0.39 is 0 Å². The number of nitrogens with zero attached hydrogens (tertiary/aromatic N) is 1. The van der Waals surface area contributed by atoms with Crippen LogP contribution < -0.4 is 11.0 Å². The van der Waals surface area contributed by atoms with Crippen LogP contribution in [0.25, 0.3) is 11.3 Å². The Morgan fingerprint density at radius 3 is 2.74 bits per heavy atom. The standard InChI is InChI=1S/C14H14BrN3O/c15-10-6-4-9(5-7-10)12-11-3-1-2-8-16-13(11)18-14(19)17-12/h4-7H,1-3,8H2,(H2,16,17,18,19). The normalized spacial score (nSPS) is 14.4. The fourth-order valence-corrected chi connectivity index (χ4v) is 2.65. The highest BCUT2D eigenvalue weighted by molar-refractivity contribution is 9.10. The first-order chi connectivity index (χ1) is 9.24. The largest absolute Gasteiger partial charge is 0.370 e. The zero-order chi connectivity index (χ0) is 13.2. The number of nitrogens with one attached hydrogen (secondary N) is 2. The second-order valence-electron chi connectivity index (χ2n) is 4.63. The van der Waals surface area contributed by atoms with Crippen molar-refractivity contribution in [3.63, 3.8) is 0 Å². The number of anilines is 1. The van der Waals surface area contributed by atoms with Crippen molar-refractivity contribution in [2.75, 3.05) is 11.9 Å². The highest BCUT2D eigenvalue weighted by Crippen LogP contribution is 2.28. The van der Waals surface area contributed by atoms with Crippen LogP contribution in [-0.2, 0) is 6.42 Å². The minimum Gasteiger partial charge on any atom is -0.370 e. The van der Waals surface area contributed by atoms with Crippen LogP contribution in [0, 0.1) is 0 Å². The maximum Gasteiger partial charge on any atom is 0.347 e. The summed E-state index contributed by atoms with van der Waals surface area (Å²) in [5.41, 5.74) is 2.71. The molecule has 1 aliphatic rings. The van der Waals surface area contributed by atoms with E-state index in [0.717, 1.165) is 52.9 Å². The van der Waals surface area contributed by atoms with Gasteiger partial charge in [0.1, 0.15) is 5.82 Å². The summed E-state index contributed by atoms with van der Waals surface area (Å²) in [5, 5.41) is 3.25. The third kappa shape index (κ3) is 2.56. The number of halogens is 1. The summed E-state index contributed by atoms with van der Waals surface area (Å²) in [4.78, 5) is 18.6. The zero-order valence-corrected chi connectivity index (χ0v) is 12.0. The summed E-state index contributed by atoms with van der Waals surface area (Å²) >= 11 is 3.42. The first-order valence-electron chi connectivity index (χ1n) is 6.37. The van der Waals surface area contributed by atoms with Gasteiger partial charge in [-0.25, -0.2) is 4.79 Å². The molecule has 0 spiro atoms. The van der Waals surface area contributed by atoms with Gasteiger partial charge in [-0.3, -0.25) is 0 Å². The van der Waals surface area contributed by atoms with E-state index in [4.69, 9.17) is 0 Å². The van der Waals surface area contributed by atoms with E-state index in [1.54, 1.807) is 0 Å². The Bertz CT molecular complexity index is 649. The summed E-state index contributed by atoms with van der Waals surface area (Å²) in [6, 6.07) is 7.95. The van der Waals surface area contributed by atoms with Crippen molar-refractivity contribution in [2.45, 2.75) is 19.3 Å². The molecule has 1 aromatic heterocycles. The molecule has 2 N–H and O–H groups in total. The highest BCUT2D eigenvalue weighted by atomic mass is 79.9. The van der Waals surface area contributed by atoms with Crippen LogP contribution >= 0.6 is 15.9 Å². The molecule has 1 aromatic carbocycles. The molecule has 0 fully saturated rings. The molecule has 5 heteroatoms. The average molecular weight is 320 g/mol. The number of hydrogen-bond acceptors (Lipinski definition) is 3. The first kappa shape index (κ1) is 12.4. The van der Waals surface area contributed by atoms with E-state index >= 15 is 0 Å². The van der Waals surface area contributed by atoms with Crippen molar-refractivity contribution in [3.8, 4) is 11.3 Å². The predicted molar refractivity (Wildman–Crippen MR) is 79.4 cm³/mol. The fourth-order valence-electron chi connectivity index (χ4n) is 2.38. The number of aromatic amines is 1. The number of fused-ring (bicyclic) bond motifs is 1. The van der Waals surface area contributed by atoms with Gasteiger partial charge in [0.25, 0.3) is 0 Å². The van der Waals surface area contributed by atoms with Gasteiger partial charge in [-0.1, -0.05) is 28.1 Å². The molecule has 0 amide bonds. The summed E-state index contributed by atoms with van der Waals surface area (Å²) in [6.07, 6.45) is 3.15. The molecule has 1 aliphatic heterocycles. The average Bonchev–Trinajstić information content (AvgIpc) is 2.64. The van der Waals surface area contributed by atoms with Crippen LogP contribution in [0.5, 0.6) is 0 Å². The summed E-state index contributed by atoms with van der Waals surface area (Å²) in [5.74, 6) is 0.735. The zero-order valence-electron chi connectivity index (χ0n) is 10.4. The Balaban J connectivity index is 2.17. The van der Waals surface area contributed by atoms with E-state index in [-0.39, 0.29) is 5.69 Å². The van der Waals surface area contributed by atoms with Gasteiger partial charge < -0.3 is 10.3 Å². The number of rotatable bonds is 1. The van der Waals surface area contributed by atoms with Gasteiger partial charge in [-0.15, -0.1) is 0 Å². The summed E-state index contributed by atoms with van der Waals surface area (Å²) in [6.45, 7) is 0.878. The van der Waals surface area contributed by atoms with Crippen LogP contribution in [0.3, 0.4) is 0 Å². The van der Waals surface area contributed by atoms with Crippen molar-refractivity contribution in [3.05, 3.63) is 44.8 Å². The van der Waals surface area contributed by atoms with Crippen LogP contribution in [0.1, 0.15) is 18.4 Å². The van der Waals surface area contributed by atoms with Gasteiger partial charge in [0.2, 0.25) is 0 Å². The fraction of sp³-hybridized carbons (Fsp3) is 0.286. The Morgan fingerprint density at radius 1 is 1.16 bits per heavy atom. The smallest absolute Gasteiger partial charge is 0.347 e. The maximum atomic E-state index is 11.7. The van der Waals surface area contributed by atoms with E-state index in [0.29, 0.717) is 0 Å². The molecule has 3 rings (SSSR count). The minimum absolute atomic E-state index is 0.300. The molecule has 0 unspecified atom stereocenters.